The number of nitrogens with two attached hydrogens (primary N) is 1. The van der Waals surface area contributed by atoms with Crippen molar-refractivity contribution < 1.29 is 4.39 Å². The van der Waals surface area contributed by atoms with E-state index in [1.165, 1.54) is 5.56 Å². The van der Waals surface area contributed by atoms with Crippen LogP contribution < -0.4 is 5.73 Å². The normalized spacial score (nSPS) is 29.2. The van der Waals surface area contributed by atoms with Crippen molar-refractivity contribution in [2.45, 2.75) is 57.2 Å². The molecule has 2 heteroatoms. The third-order valence-corrected chi connectivity index (χ3v) is 3.83. The van der Waals surface area contributed by atoms with E-state index in [9.17, 15) is 4.39 Å². The Morgan fingerprint density at radius 2 is 1.82 bits per heavy atom. The van der Waals surface area contributed by atoms with Crippen molar-refractivity contribution in [2.75, 3.05) is 0 Å². The minimum Gasteiger partial charge on any atom is -0.328 e. The van der Waals surface area contributed by atoms with Crippen molar-refractivity contribution in [1.82, 2.24) is 0 Å². The Kier molecular flexibility index (Phi) is 3.82. The van der Waals surface area contributed by atoms with Crippen LogP contribution in [0.2, 0.25) is 0 Å². The number of benzene rings is 1. The summed E-state index contributed by atoms with van der Waals surface area (Å²) in [6.07, 6.45) is 4.95. The third kappa shape index (κ3) is 2.86. The molecule has 1 aromatic carbocycles. The van der Waals surface area contributed by atoms with Gasteiger partial charge in [-0.15, -0.1) is 0 Å². The maximum Gasteiger partial charge on any atom is 0.136 e. The minimum absolute atomic E-state index is 0.193. The van der Waals surface area contributed by atoms with E-state index >= 15 is 0 Å². The summed E-state index contributed by atoms with van der Waals surface area (Å²) < 4.78 is 14.7. The molecule has 0 amide bonds. The van der Waals surface area contributed by atoms with Crippen molar-refractivity contribution >= 4 is 0 Å². The fraction of sp³-hybridized carbons (Fsp3) is 0.600. The van der Waals surface area contributed by atoms with Gasteiger partial charge in [0.1, 0.15) is 5.67 Å². The van der Waals surface area contributed by atoms with Crippen molar-refractivity contribution in [1.29, 1.82) is 0 Å². The van der Waals surface area contributed by atoms with Crippen LogP contribution in [0.5, 0.6) is 0 Å². The summed E-state index contributed by atoms with van der Waals surface area (Å²) in [5.74, 6) is 0. The monoisotopic (exact) mass is 235 g/mol. The van der Waals surface area contributed by atoms with Gasteiger partial charge in [0.25, 0.3) is 0 Å². The van der Waals surface area contributed by atoms with Crippen molar-refractivity contribution in [3.8, 4) is 0 Å². The molecule has 17 heavy (non-hydrogen) atoms. The van der Waals surface area contributed by atoms with Crippen LogP contribution in [0.15, 0.2) is 24.3 Å². The predicted octanol–water partition coefficient (Wildman–Crippen LogP) is 3.71. The average molecular weight is 235 g/mol. The summed E-state index contributed by atoms with van der Waals surface area (Å²) in [5, 5.41) is 0. The molecule has 1 aromatic rings. The topological polar surface area (TPSA) is 26.0 Å². The molecule has 2 rings (SSSR count). The van der Waals surface area contributed by atoms with E-state index in [2.05, 4.69) is 19.1 Å². The molecule has 0 radical (unpaired) electrons. The van der Waals surface area contributed by atoms with Gasteiger partial charge in [-0.1, -0.05) is 37.6 Å². The molecule has 1 aliphatic rings. The van der Waals surface area contributed by atoms with Gasteiger partial charge in [-0.3, -0.25) is 0 Å². The Morgan fingerprint density at radius 1 is 1.24 bits per heavy atom. The lowest BCUT2D eigenvalue weighted by Gasteiger charge is -2.33. The summed E-state index contributed by atoms with van der Waals surface area (Å²) in [7, 11) is 0. The van der Waals surface area contributed by atoms with Crippen LogP contribution in [0.25, 0.3) is 0 Å². The van der Waals surface area contributed by atoms with Crippen LogP contribution in [0.3, 0.4) is 0 Å². The van der Waals surface area contributed by atoms with E-state index in [-0.39, 0.29) is 6.04 Å². The van der Waals surface area contributed by atoms with Gasteiger partial charge in [0.05, 0.1) is 0 Å². The van der Waals surface area contributed by atoms with Gasteiger partial charge in [-0.25, -0.2) is 4.39 Å². The standard InChI is InChI=1S/C15H22FN/c1-2-3-12-4-6-13(7-5-12)15(16)10-8-14(17)9-11-15/h4-7,14H,2-3,8-11,17H2,1H3. The SMILES string of the molecule is CCCc1ccc(C2(F)CCC(N)CC2)cc1. The van der Waals surface area contributed by atoms with E-state index in [4.69, 9.17) is 5.73 Å². The van der Waals surface area contributed by atoms with Gasteiger partial charge in [-0.2, -0.15) is 0 Å². The summed E-state index contributed by atoms with van der Waals surface area (Å²) >= 11 is 0. The molecule has 0 aliphatic heterocycles. The molecule has 0 atom stereocenters. The van der Waals surface area contributed by atoms with Gasteiger partial charge in [0.2, 0.25) is 0 Å². The smallest absolute Gasteiger partial charge is 0.136 e. The van der Waals surface area contributed by atoms with E-state index in [1.54, 1.807) is 0 Å². The van der Waals surface area contributed by atoms with E-state index in [0.717, 1.165) is 31.2 Å². The second kappa shape index (κ2) is 5.18. The molecular weight excluding hydrogens is 213 g/mol. The highest BCUT2D eigenvalue weighted by atomic mass is 19.1. The van der Waals surface area contributed by atoms with Crippen LogP contribution in [0, 0.1) is 0 Å². The van der Waals surface area contributed by atoms with E-state index in [0.29, 0.717) is 12.8 Å². The summed E-state index contributed by atoms with van der Waals surface area (Å²) in [5.41, 5.74) is 6.83. The molecule has 94 valence electrons. The van der Waals surface area contributed by atoms with Crippen LogP contribution in [-0.2, 0) is 12.1 Å². The highest BCUT2D eigenvalue weighted by Gasteiger charge is 2.35. The largest absolute Gasteiger partial charge is 0.328 e. The lowest BCUT2D eigenvalue weighted by molar-refractivity contribution is 0.0979. The first-order chi connectivity index (χ1) is 8.14. The quantitative estimate of drug-likeness (QED) is 0.849. The highest BCUT2D eigenvalue weighted by molar-refractivity contribution is 5.28. The van der Waals surface area contributed by atoms with E-state index in [1.807, 2.05) is 12.1 Å². The zero-order valence-electron chi connectivity index (χ0n) is 10.6. The van der Waals surface area contributed by atoms with E-state index < -0.39 is 5.67 Å². The summed E-state index contributed by atoms with van der Waals surface area (Å²) in [6, 6.07) is 8.24. The molecule has 1 aliphatic carbocycles. The van der Waals surface area contributed by atoms with Gasteiger partial charge in [0, 0.05) is 6.04 Å². The van der Waals surface area contributed by atoms with Gasteiger partial charge >= 0.3 is 0 Å². The number of hydrogen-bond donors (Lipinski definition) is 1. The van der Waals surface area contributed by atoms with Crippen molar-refractivity contribution in [3.63, 3.8) is 0 Å². The summed E-state index contributed by atoms with van der Waals surface area (Å²) in [4.78, 5) is 0. The fourth-order valence-electron chi connectivity index (χ4n) is 2.65. The highest BCUT2D eigenvalue weighted by Crippen LogP contribution is 2.40. The third-order valence-electron chi connectivity index (χ3n) is 3.83. The first kappa shape index (κ1) is 12.6. The molecule has 0 bridgehead atoms. The maximum atomic E-state index is 14.7. The van der Waals surface area contributed by atoms with Gasteiger partial charge in [0.15, 0.2) is 0 Å². The number of aryl methyl sites for hydroxylation is 1. The second-order valence-corrected chi connectivity index (χ2v) is 5.25. The first-order valence-corrected chi connectivity index (χ1v) is 6.68. The fourth-order valence-corrected chi connectivity index (χ4v) is 2.65. The summed E-state index contributed by atoms with van der Waals surface area (Å²) in [6.45, 7) is 2.16. The van der Waals surface area contributed by atoms with Crippen molar-refractivity contribution in [2.24, 2.45) is 5.73 Å². The Balaban J connectivity index is 2.10. The Morgan fingerprint density at radius 3 is 2.35 bits per heavy atom. The zero-order valence-corrected chi connectivity index (χ0v) is 10.6. The molecule has 2 N–H and O–H groups in total. The molecule has 0 saturated heterocycles. The lowest BCUT2D eigenvalue weighted by Crippen LogP contribution is -2.33. The van der Waals surface area contributed by atoms with Crippen LogP contribution in [0.1, 0.15) is 50.2 Å². The van der Waals surface area contributed by atoms with Crippen LogP contribution in [-0.4, -0.2) is 6.04 Å². The second-order valence-electron chi connectivity index (χ2n) is 5.25. The molecule has 0 aromatic heterocycles. The van der Waals surface area contributed by atoms with Crippen LogP contribution in [0.4, 0.5) is 4.39 Å². The number of rotatable bonds is 3. The molecule has 0 unspecified atom stereocenters. The zero-order chi connectivity index (χ0) is 12.3. The van der Waals surface area contributed by atoms with Gasteiger partial charge in [-0.05, 0) is 43.2 Å². The predicted molar refractivity (Wildman–Crippen MR) is 69.7 cm³/mol. The maximum absolute atomic E-state index is 14.7. The Labute approximate surface area is 103 Å². The first-order valence-electron chi connectivity index (χ1n) is 6.68. The van der Waals surface area contributed by atoms with Crippen molar-refractivity contribution in [3.05, 3.63) is 35.4 Å². The van der Waals surface area contributed by atoms with Crippen LogP contribution >= 0.6 is 0 Å². The molecular formula is C15H22FN. The average Bonchev–Trinajstić information content (AvgIpc) is 2.35. The lowest BCUT2D eigenvalue weighted by atomic mass is 9.79. The molecule has 1 fully saturated rings. The molecule has 1 nitrogen and oxygen atoms in total. The molecule has 1 saturated carbocycles. The Hall–Kier alpha value is -0.890. The number of hydrogen-bond acceptors (Lipinski definition) is 1. The Bertz CT molecular complexity index is 350. The number of halogens is 1. The minimum atomic E-state index is -1.14. The molecule has 0 spiro atoms. The number of alkyl halides is 1. The molecule has 0 heterocycles. The van der Waals surface area contributed by atoms with Gasteiger partial charge < -0.3 is 5.73 Å².